The first-order valence-corrected chi connectivity index (χ1v) is 9.61. The summed E-state index contributed by atoms with van der Waals surface area (Å²) in [6.07, 6.45) is 4.89. The fourth-order valence-electron chi connectivity index (χ4n) is 3.99. The summed E-state index contributed by atoms with van der Waals surface area (Å²) in [5, 5.41) is 10.5. The Bertz CT molecular complexity index is 793. The van der Waals surface area contributed by atoms with Crippen molar-refractivity contribution in [1.29, 1.82) is 0 Å². The number of hydrogen-bond acceptors (Lipinski definition) is 5. The molecule has 1 atom stereocenters. The Morgan fingerprint density at radius 3 is 2.71 bits per heavy atom. The van der Waals surface area contributed by atoms with Crippen molar-refractivity contribution in [3.63, 3.8) is 0 Å². The summed E-state index contributed by atoms with van der Waals surface area (Å²) in [7, 11) is 0. The van der Waals surface area contributed by atoms with Gasteiger partial charge >= 0.3 is 5.97 Å². The standard InChI is InChI=1S/C18H23N3O2S/c1-10-3-4-13-14(9-10)24-17-15(13)16(19-11(2)20-17)21-7-5-12(6-8-21)18(22)23/h10,12H,3-9H2,1-2H3,(H,22,23). The Morgan fingerprint density at radius 2 is 2.00 bits per heavy atom. The van der Waals surface area contributed by atoms with Gasteiger partial charge in [0.25, 0.3) is 0 Å². The molecule has 0 bridgehead atoms. The third-order valence-corrected chi connectivity index (χ3v) is 6.54. The van der Waals surface area contributed by atoms with Gasteiger partial charge in [0.05, 0.1) is 11.3 Å². The molecule has 0 amide bonds. The van der Waals surface area contributed by atoms with Gasteiger partial charge in [-0.15, -0.1) is 11.3 Å². The molecule has 24 heavy (non-hydrogen) atoms. The van der Waals surface area contributed by atoms with Gasteiger partial charge in [0.1, 0.15) is 16.5 Å². The second-order valence-electron chi connectivity index (χ2n) is 7.23. The molecule has 1 unspecified atom stereocenters. The van der Waals surface area contributed by atoms with Crippen LogP contribution >= 0.6 is 11.3 Å². The number of carbonyl (C=O) groups is 1. The van der Waals surface area contributed by atoms with Gasteiger partial charge in [-0.25, -0.2) is 9.97 Å². The van der Waals surface area contributed by atoms with E-state index in [0.29, 0.717) is 12.8 Å². The van der Waals surface area contributed by atoms with Gasteiger partial charge in [0, 0.05) is 18.0 Å². The zero-order valence-corrected chi connectivity index (χ0v) is 15.0. The van der Waals surface area contributed by atoms with E-state index in [1.54, 1.807) is 0 Å². The summed E-state index contributed by atoms with van der Waals surface area (Å²) in [6, 6.07) is 0. The van der Waals surface area contributed by atoms with Gasteiger partial charge in [0.15, 0.2) is 0 Å². The number of rotatable bonds is 2. The van der Waals surface area contributed by atoms with Crippen LogP contribution < -0.4 is 4.90 Å². The third kappa shape index (κ3) is 2.66. The normalized spacial score (nSPS) is 21.9. The quantitative estimate of drug-likeness (QED) is 0.903. The molecule has 2 aromatic rings. The monoisotopic (exact) mass is 345 g/mol. The number of carboxylic acid groups (broad SMARTS) is 1. The number of carboxylic acids is 1. The summed E-state index contributed by atoms with van der Waals surface area (Å²) < 4.78 is 0. The van der Waals surface area contributed by atoms with E-state index in [0.717, 1.165) is 48.3 Å². The van der Waals surface area contributed by atoms with Crippen molar-refractivity contribution >= 4 is 33.3 Å². The fraction of sp³-hybridized carbons (Fsp3) is 0.611. The van der Waals surface area contributed by atoms with Crippen LogP contribution in [-0.4, -0.2) is 34.1 Å². The molecule has 0 aromatic carbocycles. The van der Waals surface area contributed by atoms with Crippen molar-refractivity contribution in [2.24, 2.45) is 11.8 Å². The average Bonchev–Trinajstić information content (AvgIpc) is 2.91. The molecule has 4 rings (SSSR count). The molecule has 6 heteroatoms. The largest absolute Gasteiger partial charge is 0.481 e. The predicted octanol–water partition coefficient (Wildman–Crippen LogP) is 3.43. The number of hydrogen-bond donors (Lipinski definition) is 1. The van der Waals surface area contributed by atoms with Crippen LogP contribution in [0.25, 0.3) is 10.2 Å². The molecule has 128 valence electrons. The lowest BCUT2D eigenvalue weighted by molar-refractivity contribution is -0.142. The van der Waals surface area contributed by atoms with Gasteiger partial charge in [0.2, 0.25) is 0 Å². The topological polar surface area (TPSA) is 66.3 Å². The number of aromatic nitrogens is 2. The Morgan fingerprint density at radius 1 is 1.25 bits per heavy atom. The van der Waals surface area contributed by atoms with Gasteiger partial charge in [-0.3, -0.25) is 4.79 Å². The summed E-state index contributed by atoms with van der Waals surface area (Å²) in [6.45, 7) is 5.81. The van der Waals surface area contributed by atoms with Gasteiger partial charge in [-0.05, 0) is 50.5 Å². The first kappa shape index (κ1) is 15.8. The maximum atomic E-state index is 11.2. The number of aryl methyl sites for hydroxylation is 2. The maximum absolute atomic E-state index is 11.2. The Labute approximate surface area is 145 Å². The Hall–Kier alpha value is -1.69. The zero-order chi connectivity index (χ0) is 16.8. The molecule has 1 N–H and O–H groups in total. The van der Waals surface area contributed by atoms with Gasteiger partial charge in [-0.2, -0.15) is 0 Å². The van der Waals surface area contributed by atoms with E-state index in [4.69, 9.17) is 9.97 Å². The number of piperidine rings is 1. The van der Waals surface area contributed by atoms with Crippen molar-refractivity contribution in [2.45, 2.75) is 46.0 Å². The van der Waals surface area contributed by atoms with Crippen LogP contribution in [0.2, 0.25) is 0 Å². The van der Waals surface area contributed by atoms with Crippen molar-refractivity contribution in [1.82, 2.24) is 9.97 Å². The first-order chi connectivity index (χ1) is 11.5. The third-order valence-electron chi connectivity index (χ3n) is 5.39. The van der Waals surface area contributed by atoms with Crippen LogP contribution in [0.3, 0.4) is 0 Å². The van der Waals surface area contributed by atoms with E-state index >= 15 is 0 Å². The molecule has 0 radical (unpaired) electrons. The smallest absolute Gasteiger partial charge is 0.306 e. The molecular weight excluding hydrogens is 322 g/mol. The molecule has 0 spiro atoms. The van der Waals surface area contributed by atoms with Crippen LogP contribution in [0.15, 0.2) is 0 Å². The zero-order valence-electron chi connectivity index (χ0n) is 14.2. The van der Waals surface area contributed by atoms with Gasteiger partial charge in [-0.1, -0.05) is 6.92 Å². The van der Waals surface area contributed by atoms with Crippen molar-refractivity contribution in [3.05, 3.63) is 16.3 Å². The minimum absolute atomic E-state index is 0.211. The van der Waals surface area contributed by atoms with Crippen LogP contribution in [0.5, 0.6) is 0 Å². The Kier molecular flexibility index (Phi) is 3.95. The minimum Gasteiger partial charge on any atom is -0.481 e. The summed E-state index contributed by atoms with van der Waals surface area (Å²) >= 11 is 1.83. The molecule has 1 fully saturated rings. The SMILES string of the molecule is Cc1nc(N2CCC(C(=O)O)CC2)c2c3c(sc2n1)CC(C)CC3. The molecule has 1 aliphatic heterocycles. The predicted molar refractivity (Wildman–Crippen MR) is 95.9 cm³/mol. The van der Waals surface area contributed by atoms with E-state index in [1.807, 2.05) is 18.3 Å². The molecular formula is C18H23N3O2S. The van der Waals surface area contributed by atoms with Crippen molar-refractivity contribution in [3.8, 4) is 0 Å². The molecule has 5 nitrogen and oxygen atoms in total. The molecule has 1 aliphatic carbocycles. The second-order valence-corrected chi connectivity index (χ2v) is 8.31. The number of anilines is 1. The number of fused-ring (bicyclic) bond motifs is 3. The Balaban J connectivity index is 1.74. The number of aliphatic carboxylic acids is 1. The van der Waals surface area contributed by atoms with E-state index in [2.05, 4.69) is 11.8 Å². The van der Waals surface area contributed by atoms with E-state index < -0.39 is 5.97 Å². The van der Waals surface area contributed by atoms with Crippen molar-refractivity contribution in [2.75, 3.05) is 18.0 Å². The van der Waals surface area contributed by atoms with Crippen LogP contribution in [-0.2, 0) is 17.6 Å². The van der Waals surface area contributed by atoms with Crippen LogP contribution in [0.1, 0.15) is 42.5 Å². The highest BCUT2D eigenvalue weighted by Crippen LogP contribution is 2.41. The average molecular weight is 345 g/mol. The summed E-state index contributed by atoms with van der Waals surface area (Å²) in [5.41, 5.74) is 1.45. The minimum atomic E-state index is -0.666. The highest BCUT2D eigenvalue weighted by molar-refractivity contribution is 7.19. The van der Waals surface area contributed by atoms with E-state index in [-0.39, 0.29) is 5.92 Å². The highest BCUT2D eigenvalue weighted by atomic mass is 32.1. The van der Waals surface area contributed by atoms with Gasteiger partial charge < -0.3 is 10.0 Å². The highest BCUT2D eigenvalue weighted by Gasteiger charge is 2.29. The van der Waals surface area contributed by atoms with Crippen LogP contribution in [0.4, 0.5) is 5.82 Å². The van der Waals surface area contributed by atoms with Crippen LogP contribution in [0, 0.1) is 18.8 Å². The molecule has 0 saturated carbocycles. The number of thiophene rings is 1. The summed E-state index contributed by atoms with van der Waals surface area (Å²) in [5.74, 6) is 1.71. The lowest BCUT2D eigenvalue weighted by Gasteiger charge is -2.32. The molecule has 1 saturated heterocycles. The fourth-order valence-corrected chi connectivity index (χ4v) is 5.42. The number of nitrogens with zero attached hydrogens (tertiary/aromatic N) is 3. The molecule has 2 aromatic heterocycles. The maximum Gasteiger partial charge on any atom is 0.306 e. The van der Waals surface area contributed by atoms with E-state index in [1.165, 1.54) is 22.2 Å². The summed E-state index contributed by atoms with van der Waals surface area (Å²) in [4.78, 5) is 25.5. The van der Waals surface area contributed by atoms with Crippen molar-refractivity contribution < 1.29 is 9.90 Å². The molecule has 3 heterocycles. The van der Waals surface area contributed by atoms with E-state index in [9.17, 15) is 9.90 Å². The second kappa shape index (κ2) is 5.99. The first-order valence-electron chi connectivity index (χ1n) is 8.79. The lowest BCUT2D eigenvalue weighted by Crippen LogP contribution is -2.37. The molecule has 2 aliphatic rings. The lowest BCUT2D eigenvalue weighted by atomic mass is 9.89.